The summed E-state index contributed by atoms with van der Waals surface area (Å²) in [6.07, 6.45) is 0.827. The van der Waals surface area contributed by atoms with Gasteiger partial charge in [0.05, 0.1) is 12.8 Å². The van der Waals surface area contributed by atoms with E-state index in [-0.39, 0.29) is 5.91 Å². The Labute approximate surface area is 177 Å². The standard InChI is InChI=1S/C23H28ClN3O2/c1-15-13-26(14-16(2)25(15)3)21-12-20-17(11-22(21)29-4)8-9-27(20)23(28)18-6-5-7-19(24)10-18/h5-7,10-12,15-16H,8-9,13-14H2,1-4H3/t15-,16+. The fourth-order valence-electron chi connectivity index (χ4n) is 4.40. The maximum absolute atomic E-state index is 13.2. The van der Waals surface area contributed by atoms with Gasteiger partial charge in [0, 0.05) is 48.0 Å². The highest BCUT2D eigenvalue weighted by Crippen LogP contribution is 2.40. The van der Waals surface area contributed by atoms with E-state index >= 15 is 0 Å². The number of nitrogens with zero attached hydrogens (tertiary/aromatic N) is 3. The second-order valence-corrected chi connectivity index (χ2v) is 8.57. The van der Waals surface area contributed by atoms with Crippen LogP contribution in [0.2, 0.25) is 5.02 Å². The quantitative estimate of drug-likeness (QED) is 0.759. The topological polar surface area (TPSA) is 36.0 Å². The molecule has 0 radical (unpaired) electrons. The zero-order valence-corrected chi connectivity index (χ0v) is 18.2. The lowest BCUT2D eigenvalue weighted by molar-refractivity contribution is 0.0989. The smallest absolute Gasteiger partial charge is 0.258 e. The Morgan fingerprint density at radius 2 is 1.83 bits per heavy atom. The summed E-state index contributed by atoms with van der Waals surface area (Å²) in [6.45, 7) is 7.02. The van der Waals surface area contributed by atoms with Gasteiger partial charge in [-0.1, -0.05) is 17.7 Å². The molecule has 2 atom stereocenters. The van der Waals surface area contributed by atoms with Crippen LogP contribution < -0.4 is 14.5 Å². The normalized spacial score (nSPS) is 22.0. The van der Waals surface area contributed by atoms with Crippen LogP contribution in [0.1, 0.15) is 29.8 Å². The first-order valence-corrected chi connectivity index (χ1v) is 10.5. The first-order valence-electron chi connectivity index (χ1n) is 10.1. The molecule has 0 spiro atoms. The molecule has 2 aliphatic rings. The van der Waals surface area contributed by atoms with E-state index < -0.39 is 0 Å². The number of hydrogen-bond acceptors (Lipinski definition) is 4. The van der Waals surface area contributed by atoms with Gasteiger partial charge in [-0.05, 0) is 63.2 Å². The second kappa shape index (κ2) is 7.88. The summed E-state index contributed by atoms with van der Waals surface area (Å²) in [5.41, 5.74) is 3.80. The van der Waals surface area contributed by atoms with Crippen LogP contribution in [0.4, 0.5) is 11.4 Å². The molecule has 2 heterocycles. The van der Waals surface area contributed by atoms with E-state index in [0.717, 1.165) is 42.2 Å². The molecule has 2 aromatic rings. The van der Waals surface area contributed by atoms with Crippen molar-refractivity contribution >= 4 is 28.9 Å². The number of methoxy groups -OCH3 is 1. The molecule has 0 aromatic heterocycles. The predicted octanol–water partition coefficient (Wildman–Crippen LogP) is 4.08. The molecule has 154 valence electrons. The molecule has 6 heteroatoms. The molecule has 0 saturated carbocycles. The number of amides is 1. The number of anilines is 2. The molecule has 0 aliphatic carbocycles. The van der Waals surface area contributed by atoms with Crippen LogP contribution in [0.15, 0.2) is 36.4 Å². The molecule has 29 heavy (non-hydrogen) atoms. The summed E-state index contributed by atoms with van der Waals surface area (Å²) in [5, 5.41) is 0.575. The van der Waals surface area contributed by atoms with Gasteiger partial charge < -0.3 is 14.5 Å². The highest BCUT2D eigenvalue weighted by atomic mass is 35.5. The highest BCUT2D eigenvalue weighted by Gasteiger charge is 2.32. The lowest BCUT2D eigenvalue weighted by Crippen LogP contribution is -2.55. The van der Waals surface area contributed by atoms with Crippen LogP contribution >= 0.6 is 11.6 Å². The highest BCUT2D eigenvalue weighted by molar-refractivity contribution is 6.31. The molecular formula is C23H28ClN3O2. The van der Waals surface area contributed by atoms with Gasteiger partial charge in [0.15, 0.2) is 0 Å². The van der Waals surface area contributed by atoms with Gasteiger partial charge >= 0.3 is 0 Å². The van der Waals surface area contributed by atoms with E-state index in [2.05, 4.69) is 42.8 Å². The van der Waals surface area contributed by atoms with Crippen molar-refractivity contribution < 1.29 is 9.53 Å². The molecule has 1 saturated heterocycles. The van der Waals surface area contributed by atoms with E-state index in [9.17, 15) is 4.79 Å². The van der Waals surface area contributed by atoms with Crippen molar-refractivity contribution in [2.24, 2.45) is 0 Å². The third-order valence-corrected chi connectivity index (χ3v) is 6.53. The van der Waals surface area contributed by atoms with Crippen molar-refractivity contribution in [2.75, 3.05) is 43.6 Å². The summed E-state index contributed by atoms with van der Waals surface area (Å²) in [4.78, 5) is 19.8. The minimum absolute atomic E-state index is 0.0116. The molecule has 4 rings (SSSR count). The Morgan fingerprint density at radius 1 is 1.10 bits per heavy atom. The minimum Gasteiger partial charge on any atom is -0.495 e. The summed E-state index contributed by atoms with van der Waals surface area (Å²) in [5.74, 6) is 0.868. The molecule has 5 nitrogen and oxygen atoms in total. The van der Waals surface area contributed by atoms with E-state index in [1.165, 1.54) is 0 Å². The van der Waals surface area contributed by atoms with Crippen molar-refractivity contribution in [1.29, 1.82) is 0 Å². The lowest BCUT2D eigenvalue weighted by Gasteiger charge is -2.44. The number of carbonyl (C=O) groups is 1. The van der Waals surface area contributed by atoms with Crippen molar-refractivity contribution in [2.45, 2.75) is 32.4 Å². The molecule has 2 aliphatic heterocycles. The van der Waals surface area contributed by atoms with Crippen LogP contribution in [-0.4, -0.2) is 56.7 Å². The van der Waals surface area contributed by atoms with Gasteiger partial charge in [-0.25, -0.2) is 0 Å². The van der Waals surface area contributed by atoms with E-state index in [4.69, 9.17) is 16.3 Å². The molecular weight excluding hydrogens is 386 g/mol. The number of benzene rings is 2. The van der Waals surface area contributed by atoms with Crippen molar-refractivity contribution in [3.63, 3.8) is 0 Å². The Kier molecular flexibility index (Phi) is 5.45. The Hall–Kier alpha value is -2.24. The Balaban J connectivity index is 1.69. The van der Waals surface area contributed by atoms with E-state index in [1.807, 2.05) is 17.0 Å². The molecule has 0 N–H and O–H groups in total. The van der Waals surface area contributed by atoms with Gasteiger partial charge in [0.1, 0.15) is 5.75 Å². The number of carbonyl (C=O) groups excluding carboxylic acids is 1. The zero-order chi connectivity index (χ0) is 20.7. The van der Waals surface area contributed by atoms with Crippen LogP contribution in [0.3, 0.4) is 0 Å². The molecule has 1 amide bonds. The van der Waals surface area contributed by atoms with Gasteiger partial charge in [0.2, 0.25) is 0 Å². The predicted molar refractivity (Wildman–Crippen MR) is 119 cm³/mol. The summed E-state index contributed by atoms with van der Waals surface area (Å²) < 4.78 is 5.74. The van der Waals surface area contributed by atoms with Crippen molar-refractivity contribution in [3.8, 4) is 5.75 Å². The number of ether oxygens (including phenoxy) is 1. The fourth-order valence-corrected chi connectivity index (χ4v) is 4.59. The maximum atomic E-state index is 13.2. The fraction of sp³-hybridized carbons (Fsp3) is 0.435. The Bertz CT molecular complexity index is 920. The molecule has 1 fully saturated rings. The third kappa shape index (κ3) is 3.69. The second-order valence-electron chi connectivity index (χ2n) is 8.14. The third-order valence-electron chi connectivity index (χ3n) is 6.29. The summed E-state index contributed by atoms with van der Waals surface area (Å²) >= 11 is 6.10. The number of likely N-dealkylation sites (N-methyl/N-ethyl adjacent to an activating group) is 1. The van der Waals surface area contributed by atoms with Crippen LogP contribution in [-0.2, 0) is 6.42 Å². The van der Waals surface area contributed by atoms with Crippen molar-refractivity contribution in [3.05, 3.63) is 52.5 Å². The number of fused-ring (bicyclic) bond motifs is 1. The SMILES string of the molecule is COc1cc2c(cc1N1C[C@@H](C)N(C)[C@@H](C)C1)N(C(=O)c1cccc(Cl)c1)CC2. The maximum Gasteiger partial charge on any atom is 0.258 e. The lowest BCUT2D eigenvalue weighted by atomic mass is 10.1. The summed E-state index contributed by atoms with van der Waals surface area (Å²) in [6, 6.07) is 12.3. The zero-order valence-electron chi connectivity index (χ0n) is 17.5. The minimum atomic E-state index is -0.0116. The first-order chi connectivity index (χ1) is 13.9. The number of rotatable bonds is 3. The number of hydrogen-bond donors (Lipinski definition) is 0. The molecule has 2 aromatic carbocycles. The monoisotopic (exact) mass is 413 g/mol. The largest absolute Gasteiger partial charge is 0.495 e. The van der Waals surface area contributed by atoms with Gasteiger partial charge in [-0.3, -0.25) is 9.69 Å². The van der Waals surface area contributed by atoms with E-state index in [1.54, 1.807) is 19.2 Å². The Morgan fingerprint density at radius 3 is 2.48 bits per heavy atom. The summed E-state index contributed by atoms with van der Waals surface area (Å²) in [7, 11) is 3.90. The van der Waals surface area contributed by atoms with E-state index in [0.29, 0.717) is 29.2 Å². The number of piperazine rings is 1. The van der Waals surface area contributed by atoms with Crippen LogP contribution in [0.25, 0.3) is 0 Å². The van der Waals surface area contributed by atoms with Crippen LogP contribution in [0.5, 0.6) is 5.75 Å². The average Bonchev–Trinajstić information content (AvgIpc) is 3.12. The number of halogens is 1. The van der Waals surface area contributed by atoms with Gasteiger partial charge in [0.25, 0.3) is 5.91 Å². The van der Waals surface area contributed by atoms with Crippen molar-refractivity contribution in [1.82, 2.24) is 4.90 Å². The van der Waals surface area contributed by atoms with Gasteiger partial charge in [-0.15, -0.1) is 0 Å². The molecule has 0 unspecified atom stereocenters. The average molecular weight is 414 g/mol. The van der Waals surface area contributed by atoms with Crippen LogP contribution in [0, 0.1) is 0 Å². The van der Waals surface area contributed by atoms with Gasteiger partial charge in [-0.2, -0.15) is 0 Å². The molecule has 0 bridgehead atoms. The first kappa shape index (κ1) is 20.0.